The fourth-order valence-corrected chi connectivity index (χ4v) is 2.32. The van der Waals surface area contributed by atoms with Crippen molar-refractivity contribution in [1.29, 1.82) is 0 Å². The molecule has 2 rings (SSSR count). The molecule has 148 valence electrons. The summed E-state index contributed by atoms with van der Waals surface area (Å²) in [5.41, 5.74) is 0. The van der Waals surface area contributed by atoms with Gasteiger partial charge in [-0.3, -0.25) is 0 Å². The smallest absolute Gasteiger partial charge is 0.164 e. The fraction of sp³-hybridized carbons (Fsp3) is 0.455. The second-order valence-electron chi connectivity index (χ2n) is 7.14. The number of benzene rings is 2. The minimum absolute atomic E-state index is 0.418. The van der Waals surface area contributed by atoms with Gasteiger partial charge in [0, 0.05) is 12.1 Å². The third kappa shape index (κ3) is 6.27. The molecule has 0 saturated heterocycles. The van der Waals surface area contributed by atoms with Crippen LogP contribution in [0.15, 0.2) is 36.4 Å². The van der Waals surface area contributed by atoms with Crippen molar-refractivity contribution < 1.29 is 23.7 Å². The summed E-state index contributed by atoms with van der Waals surface area (Å²) >= 11 is 0. The Kier molecular flexibility index (Phi) is 7.65. The average Bonchev–Trinajstić information content (AvgIpc) is 2.65. The van der Waals surface area contributed by atoms with Crippen LogP contribution < -0.4 is 23.7 Å². The zero-order valence-electron chi connectivity index (χ0n) is 17.1. The number of hydrogen-bond acceptors (Lipinski definition) is 5. The second-order valence-corrected chi connectivity index (χ2v) is 7.14. The van der Waals surface area contributed by atoms with Gasteiger partial charge in [0.1, 0.15) is 11.5 Å². The van der Waals surface area contributed by atoms with Gasteiger partial charge in [-0.25, -0.2) is 0 Å². The van der Waals surface area contributed by atoms with Gasteiger partial charge in [0.05, 0.1) is 27.4 Å². The topological polar surface area (TPSA) is 46.2 Å². The second kappa shape index (κ2) is 9.95. The first-order valence-electron chi connectivity index (χ1n) is 9.22. The lowest BCUT2D eigenvalue weighted by molar-refractivity contribution is 0.254. The van der Waals surface area contributed by atoms with Gasteiger partial charge in [-0.1, -0.05) is 27.7 Å². The third-order valence-corrected chi connectivity index (χ3v) is 3.65. The number of hydrogen-bond donors (Lipinski definition) is 0. The number of methoxy groups -OCH3 is 2. The molecule has 0 aliphatic carbocycles. The van der Waals surface area contributed by atoms with E-state index in [2.05, 4.69) is 27.7 Å². The molecule has 0 unspecified atom stereocenters. The first-order valence-corrected chi connectivity index (χ1v) is 9.22. The lowest BCUT2D eigenvalue weighted by Gasteiger charge is -2.16. The van der Waals surface area contributed by atoms with Gasteiger partial charge < -0.3 is 23.7 Å². The van der Waals surface area contributed by atoms with E-state index < -0.39 is 0 Å². The van der Waals surface area contributed by atoms with Crippen molar-refractivity contribution in [2.75, 3.05) is 27.4 Å². The van der Waals surface area contributed by atoms with Crippen LogP contribution in [-0.2, 0) is 0 Å². The van der Waals surface area contributed by atoms with Gasteiger partial charge in [0.15, 0.2) is 23.0 Å². The summed E-state index contributed by atoms with van der Waals surface area (Å²) in [4.78, 5) is 0. The predicted molar refractivity (Wildman–Crippen MR) is 107 cm³/mol. The summed E-state index contributed by atoms with van der Waals surface area (Å²) in [5.74, 6) is 4.84. The molecule has 0 heterocycles. The van der Waals surface area contributed by atoms with Gasteiger partial charge in [0.2, 0.25) is 0 Å². The lowest BCUT2D eigenvalue weighted by Crippen LogP contribution is -2.06. The monoisotopic (exact) mass is 374 g/mol. The quantitative estimate of drug-likeness (QED) is 0.544. The van der Waals surface area contributed by atoms with Crippen LogP contribution in [0.25, 0.3) is 0 Å². The molecule has 0 amide bonds. The molecule has 0 aliphatic heterocycles. The molecule has 0 atom stereocenters. The van der Waals surface area contributed by atoms with Crippen molar-refractivity contribution in [3.05, 3.63) is 36.4 Å². The Hall–Kier alpha value is -2.56. The molecule has 0 aromatic heterocycles. The summed E-state index contributed by atoms with van der Waals surface area (Å²) in [6.07, 6.45) is 0. The molecule has 0 aliphatic rings. The SMILES string of the molecule is COc1ccc(Oc2ccc(OC)c(OCC(C)C)c2)cc1OCC(C)C. The standard InChI is InChI=1S/C22H30O5/c1-15(2)13-25-21-11-17(7-9-19(21)23-5)27-18-8-10-20(24-6)22(12-18)26-14-16(3)4/h7-12,15-16H,13-14H2,1-6H3. The molecule has 5 nitrogen and oxygen atoms in total. The van der Waals surface area contributed by atoms with Gasteiger partial charge in [-0.05, 0) is 36.1 Å². The zero-order valence-corrected chi connectivity index (χ0v) is 17.1. The van der Waals surface area contributed by atoms with Crippen LogP contribution in [0.3, 0.4) is 0 Å². The third-order valence-electron chi connectivity index (χ3n) is 3.65. The Balaban J connectivity index is 2.20. The van der Waals surface area contributed by atoms with Gasteiger partial charge in [0.25, 0.3) is 0 Å². The van der Waals surface area contributed by atoms with Gasteiger partial charge in [-0.15, -0.1) is 0 Å². The molecule has 0 saturated carbocycles. The molecule has 0 bridgehead atoms. The van der Waals surface area contributed by atoms with Crippen LogP contribution >= 0.6 is 0 Å². The van der Waals surface area contributed by atoms with Crippen LogP contribution in [0, 0.1) is 11.8 Å². The van der Waals surface area contributed by atoms with Crippen molar-refractivity contribution >= 4 is 0 Å². The average molecular weight is 374 g/mol. The van der Waals surface area contributed by atoms with Crippen molar-refractivity contribution in [3.63, 3.8) is 0 Å². The fourth-order valence-electron chi connectivity index (χ4n) is 2.32. The predicted octanol–water partition coefficient (Wildman–Crippen LogP) is 5.57. The largest absolute Gasteiger partial charge is 0.493 e. The van der Waals surface area contributed by atoms with Crippen molar-refractivity contribution in [2.45, 2.75) is 27.7 Å². The molecule has 0 spiro atoms. The first kappa shape index (κ1) is 20.7. The summed E-state index contributed by atoms with van der Waals surface area (Å²) in [6, 6.07) is 11.0. The molecule has 5 heteroatoms. The normalized spacial score (nSPS) is 10.8. The van der Waals surface area contributed by atoms with Crippen molar-refractivity contribution in [3.8, 4) is 34.5 Å². The van der Waals surface area contributed by atoms with E-state index >= 15 is 0 Å². The van der Waals surface area contributed by atoms with E-state index in [9.17, 15) is 0 Å². The van der Waals surface area contributed by atoms with Gasteiger partial charge >= 0.3 is 0 Å². The summed E-state index contributed by atoms with van der Waals surface area (Å²) in [5, 5.41) is 0. The Morgan fingerprint density at radius 1 is 0.630 bits per heavy atom. The van der Waals surface area contributed by atoms with E-state index in [4.69, 9.17) is 23.7 Å². The Morgan fingerprint density at radius 2 is 1.04 bits per heavy atom. The summed E-state index contributed by atoms with van der Waals surface area (Å²) in [7, 11) is 3.25. The molecule has 0 radical (unpaired) electrons. The van der Waals surface area contributed by atoms with E-state index in [1.165, 1.54) is 0 Å². The number of ether oxygens (including phenoxy) is 5. The molecule has 0 fully saturated rings. The highest BCUT2D eigenvalue weighted by Crippen LogP contribution is 2.37. The number of rotatable bonds is 10. The van der Waals surface area contributed by atoms with E-state index in [0.717, 1.165) is 0 Å². The van der Waals surface area contributed by atoms with Crippen LogP contribution in [0.1, 0.15) is 27.7 Å². The summed E-state index contributed by atoms with van der Waals surface area (Å²) in [6.45, 7) is 9.61. The summed E-state index contributed by atoms with van der Waals surface area (Å²) < 4.78 is 28.4. The van der Waals surface area contributed by atoms with Crippen LogP contribution in [0.2, 0.25) is 0 Å². The van der Waals surface area contributed by atoms with E-state index in [1.807, 2.05) is 36.4 Å². The zero-order chi connectivity index (χ0) is 19.8. The minimum Gasteiger partial charge on any atom is -0.493 e. The molecular formula is C22H30O5. The van der Waals surface area contributed by atoms with Crippen molar-refractivity contribution in [1.82, 2.24) is 0 Å². The molecule has 2 aromatic carbocycles. The molecule has 27 heavy (non-hydrogen) atoms. The Bertz CT molecular complexity index is 663. The molecular weight excluding hydrogens is 344 g/mol. The van der Waals surface area contributed by atoms with E-state index in [-0.39, 0.29) is 0 Å². The molecule has 2 aromatic rings. The highest BCUT2D eigenvalue weighted by atomic mass is 16.5. The maximum atomic E-state index is 6.00. The van der Waals surface area contributed by atoms with E-state index in [1.54, 1.807) is 14.2 Å². The Labute approximate surface area is 162 Å². The highest BCUT2D eigenvalue weighted by molar-refractivity contribution is 5.49. The lowest BCUT2D eigenvalue weighted by atomic mass is 10.2. The van der Waals surface area contributed by atoms with Gasteiger partial charge in [-0.2, -0.15) is 0 Å². The van der Waals surface area contributed by atoms with E-state index in [0.29, 0.717) is 59.5 Å². The van der Waals surface area contributed by atoms with Crippen LogP contribution in [0.5, 0.6) is 34.5 Å². The minimum atomic E-state index is 0.418. The highest BCUT2D eigenvalue weighted by Gasteiger charge is 2.11. The maximum Gasteiger partial charge on any atom is 0.164 e. The first-order chi connectivity index (χ1) is 12.9. The van der Waals surface area contributed by atoms with Crippen LogP contribution in [-0.4, -0.2) is 27.4 Å². The molecule has 0 N–H and O–H groups in total. The maximum absolute atomic E-state index is 6.00. The Morgan fingerprint density at radius 3 is 1.37 bits per heavy atom. The van der Waals surface area contributed by atoms with Crippen LogP contribution in [0.4, 0.5) is 0 Å². The van der Waals surface area contributed by atoms with Crippen molar-refractivity contribution in [2.24, 2.45) is 11.8 Å².